The summed E-state index contributed by atoms with van der Waals surface area (Å²) in [7, 11) is 0. The first-order valence-electron chi connectivity index (χ1n) is 8.96. The number of benzene rings is 2. The van der Waals surface area contributed by atoms with E-state index in [-0.39, 0.29) is 17.9 Å². The fraction of sp³-hybridized carbons (Fsp3) is 0.227. The van der Waals surface area contributed by atoms with Gasteiger partial charge in [-0.05, 0) is 48.4 Å². The molecule has 5 nitrogen and oxygen atoms in total. The first-order chi connectivity index (χ1) is 13.2. The maximum absolute atomic E-state index is 12.6. The van der Waals surface area contributed by atoms with Crippen molar-refractivity contribution in [2.24, 2.45) is 5.92 Å². The van der Waals surface area contributed by atoms with Crippen molar-refractivity contribution < 1.29 is 9.53 Å². The molecule has 27 heavy (non-hydrogen) atoms. The van der Waals surface area contributed by atoms with E-state index in [9.17, 15) is 4.79 Å². The van der Waals surface area contributed by atoms with Crippen molar-refractivity contribution in [3.8, 4) is 6.07 Å². The Bertz CT molecular complexity index is 1000. The van der Waals surface area contributed by atoms with Crippen molar-refractivity contribution in [1.82, 2.24) is 10.3 Å². The van der Waals surface area contributed by atoms with Gasteiger partial charge < -0.3 is 10.1 Å². The third-order valence-corrected chi connectivity index (χ3v) is 5.01. The molecule has 1 aliphatic heterocycles. The van der Waals surface area contributed by atoms with E-state index in [0.29, 0.717) is 24.3 Å². The van der Waals surface area contributed by atoms with Crippen LogP contribution in [0.25, 0.3) is 10.9 Å². The van der Waals surface area contributed by atoms with Crippen molar-refractivity contribution in [3.05, 3.63) is 77.5 Å². The minimum Gasteiger partial charge on any atom is -0.379 e. The van der Waals surface area contributed by atoms with Crippen LogP contribution in [-0.2, 0) is 11.2 Å². The smallest absolute Gasteiger partial charge is 0.251 e. The summed E-state index contributed by atoms with van der Waals surface area (Å²) < 4.78 is 5.65. The molecule has 0 bridgehead atoms. The van der Waals surface area contributed by atoms with Gasteiger partial charge in [0.1, 0.15) is 0 Å². The topological polar surface area (TPSA) is 75.0 Å². The van der Waals surface area contributed by atoms with Gasteiger partial charge in [-0.3, -0.25) is 9.78 Å². The number of nitriles is 1. The van der Waals surface area contributed by atoms with Crippen molar-refractivity contribution in [1.29, 1.82) is 5.26 Å². The van der Waals surface area contributed by atoms with E-state index < -0.39 is 0 Å². The molecule has 3 aromatic rings. The highest BCUT2D eigenvalue weighted by molar-refractivity contribution is 5.94. The van der Waals surface area contributed by atoms with Crippen LogP contribution in [0.5, 0.6) is 0 Å². The Kier molecular flexibility index (Phi) is 4.82. The maximum atomic E-state index is 12.6. The molecule has 1 fully saturated rings. The van der Waals surface area contributed by atoms with Gasteiger partial charge in [-0.1, -0.05) is 18.2 Å². The standard InChI is InChI=1S/C22H19N3O2/c23-12-15-5-7-16(8-6-15)22(26)25-21-14-27-13-18(21)11-17-9-10-24-20-4-2-1-3-19(17)20/h1-10,18,21H,11,13-14H2,(H,25,26)/t18-,21+/m1/s1. The van der Waals surface area contributed by atoms with Gasteiger partial charge in [0.05, 0.1) is 36.4 Å². The third-order valence-electron chi connectivity index (χ3n) is 5.01. The number of carbonyl (C=O) groups excluding carboxylic acids is 1. The average molecular weight is 357 g/mol. The highest BCUT2D eigenvalue weighted by atomic mass is 16.5. The van der Waals surface area contributed by atoms with Crippen LogP contribution in [-0.4, -0.2) is 30.1 Å². The Labute approximate surface area is 157 Å². The van der Waals surface area contributed by atoms with E-state index in [1.54, 1.807) is 24.3 Å². The van der Waals surface area contributed by atoms with Gasteiger partial charge in [0.2, 0.25) is 0 Å². The zero-order valence-electron chi connectivity index (χ0n) is 14.8. The van der Waals surface area contributed by atoms with Gasteiger partial charge >= 0.3 is 0 Å². The summed E-state index contributed by atoms with van der Waals surface area (Å²) in [4.78, 5) is 17.0. The number of aromatic nitrogens is 1. The number of nitrogens with zero attached hydrogens (tertiary/aromatic N) is 2. The molecule has 1 N–H and O–H groups in total. The lowest BCUT2D eigenvalue weighted by Crippen LogP contribution is -2.40. The van der Waals surface area contributed by atoms with Crippen LogP contribution in [0, 0.1) is 17.2 Å². The van der Waals surface area contributed by atoms with Crippen LogP contribution in [0.15, 0.2) is 60.8 Å². The Morgan fingerprint density at radius 1 is 1.15 bits per heavy atom. The zero-order valence-corrected chi connectivity index (χ0v) is 14.8. The third kappa shape index (κ3) is 3.67. The van der Waals surface area contributed by atoms with Gasteiger partial charge in [-0.25, -0.2) is 0 Å². The number of fused-ring (bicyclic) bond motifs is 1. The first-order valence-corrected chi connectivity index (χ1v) is 8.96. The number of rotatable bonds is 4. The van der Waals surface area contributed by atoms with Gasteiger partial charge in [0.15, 0.2) is 0 Å². The normalized spacial score (nSPS) is 18.9. The molecular formula is C22H19N3O2. The molecule has 134 valence electrons. The molecule has 2 heterocycles. The van der Waals surface area contributed by atoms with Crippen molar-refractivity contribution >= 4 is 16.8 Å². The number of para-hydroxylation sites is 1. The Balaban J connectivity index is 1.48. The van der Waals surface area contributed by atoms with Crippen LogP contribution in [0.4, 0.5) is 0 Å². The van der Waals surface area contributed by atoms with E-state index in [2.05, 4.69) is 22.4 Å². The fourth-order valence-corrected chi connectivity index (χ4v) is 3.52. The summed E-state index contributed by atoms with van der Waals surface area (Å²) in [6.45, 7) is 1.13. The Morgan fingerprint density at radius 2 is 1.96 bits per heavy atom. The Morgan fingerprint density at radius 3 is 2.78 bits per heavy atom. The van der Waals surface area contributed by atoms with Crippen LogP contribution in [0.2, 0.25) is 0 Å². The molecule has 0 unspecified atom stereocenters. The van der Waals surface area contributed by atoms with Gasteiger partial charge in [-0.2, -0.15) is 5.26 Å². The second-order valence-electron chi connectivity index (χ2n) is 6.76. The molecule has 0 spiro atoms. The molecule has 1 aromatic heterocycles. The predicted octanol–water partition coefficient (Wildman–Crippen LogP) is 3.09. The SMILES string of the molecule is N#Cc1ccc(C(=O)N[C@H]2COC[C@H]2Cc2ccnc3ccccc23)cc1. The van der Waals surface area contributed by atoms with E-state index in [1.807, 2.05) is 30.5 Å². The lowest BCUT2D eigenvalue weighted by atomic mass is 9.93. The molecule has 1 saturated heterocycles. The quantitative estimate of drug-likeness (QED) is 0.779. The molecule has 1 aliphatic rings. The number of pyridine rings is 1. The molecular weight excluding hydrogens is 338 g/mol. The molecule has 0 radical (unpaired) electrons. The monoisotopic (exact) mass is 357 g/mol. The summed E-state index contributed by atoms with van der Waals surface area (Å²) in [6, 6.07) is 18.8. The van der Waals surface area contributed by atoms with Crippen LogP contribution in [0.1, 0.15) is 21.5 Å². The van der Waals surface area contributed by atoms with Crippen LogP contribution in [0.3, 0.4) is 0 Å². The number of hydrogen-bond acceptors (Lipinski definition) is 4. The summed E-state index contributed by atoms with van der Waals surface area (Å²) >= 11 is 0. The fourth-order valence-electron chi connectivity index (χ4n) is 3.52. The van der Waals surface area contributed by atoms with E-state index in [0.717, 1.165) is 17.3 Å². The zero-order chi connectivity index (χ0) is 18.6. The highest BCUT2D eigenvalue weighted by Crippen LogP contribution is 2.24. The van der Waals surface area contributed by atoms with Gasteiger partial charge in [0, 0.05) is 23.1 Å². The highest BCUT2D eigenvalue weighted by Gasteiger charge is 2.30. The van der Waals surface area contributed by atoms with Crippen molar-refractivity contribution in [2.75, 3.05) is 13.2 Å². The molecule has 2 aromatic carbocycles. The minimum absolute atomic E-state index is 0.0416. The largest absolute Gasteiger partial charge is 0.379 e. The van der Waals surface area contributed by atoms with Gasteiger partial charge in [-0.15, -0.1) is 0 Å². The number of nitrogens with one attached hydrogen (secondary N) is 1. The van der Waals surface area contributed by atoms with Crippen molar-refractivity contribution in [2.45, 2.75) is 12.5 Å². The van der Waals surface area contributed by atoms with Crippen molar-refractivity contribution in [3.63, 3.8) is 0 Å². The second kappa shape index (κ2) is 7.56. The lowest BCUT2D eigenvalue weighted by Gasteiger charge is -2.20. The summed E-state index contributed by atoms with van der Waals surface area (Å²) in [5.74, 6) is 0.0673. The van der Waals surface area contributed by atoms with Crippen LogP contribution >= 0.6 is 0 Å². The summed E-state index contributed by atoms with van der Waals surface area (Å²) in [5.41, 5.74) is 3.29. The Hall–Kier alpha value is -3.23. The maximum Gasteiger partial charge on any atom is 0.251 e. The second-order valence-corrected chi connectivity index (χ2v) is 6.76. The van der Waals surface area contributed by atoms with Gasteiger partial charge in [0.25, 0.3) is 5.91 Å². The number of hydrogen-bond donors (Lipinski definition) is 1. The molecule has 5 heteroatoms. The number of amides is 1. The molecule has 4 rings (SSSR count). The average Bonchev–Trinajstić information content (AvgIpc) is 3.15. The molecule has 0 saturated carbocycles. The lowest BCUT2D eigenvalue weighted by molar-refractivity contribution is 0.0925. The predicted molar refractivity (Wildman–Crippen MR) is 102 cm³/mol. The summed E-state index contributed by atoms with van der Waals surface area (Å²) in [6.07, 6.45) is 2.65. The molecule has 0 aliphatic carbocycles. The van der Waals surface area contributed by atoms with E-state index in [1.165, 1.54) is 5.56 Å². The summed E-state index contributed by atoms with van der Waals surface area (Å²) in [5, 5.41) is 13.1. The van der Waals surface area contributed by atoms with Crippen LogP contribution < -0.4 is 5.32 Å². The number of carbonyl (C=O) groups is 1. The molecule has 1 amide bonds. The van der Waals surface area contributed by atoms with E-state index >= 15 is 0 Å². The van der Waals surface area contributed by atoms with E-state index in [4.69, 9.17) is 10.00 Å². The first kappa shape index (κ1) is 17.2. The molecule has 2 atom stereocenters. The number of ether oxygens (including phenoxy) is 1. The minimum atomic E-state index is -0.139.